The smallest absolute Gasteiger partial charge is 0.288 e. The van der Waals surface area contributed by atoms with Crippen LogP contribution in [0.4, 0.5) is 0 Å². The number of fused-ring (bicyclic) bond motifs is 1. The van der Waals surface area contributed by atoms with Gasteiger partial charge in [0, 0.05) is 0 Å². The van der Waals surface area contributed by atoms with Gasteiger partial charge in [-0.3, -0.25) is 9.36 Å². The second-order valence-electron chi connectivity index (χ2n) is 6.80. The maximum atomic E-state index is 13.4. The first kappa shape index (κ1) is 17.0. The molecule has 4 heteroatoms. The normalized spacial score (nSPS) is 11.0. The molecule has 0 saturated heterocycles. The lowest BCUT2D eigenvalue weighted by Gasteiger charge is -2.15. The summed E-state index contributed by atoms with van der Waals surface area (Å²) in [5.41, 5.74) is 3.71. The van der Waals surface area contributed by atoms with E-state index in [4.69, 9.17) is 0 Å². The van der Waals surface area contributed by atoms with Crippen molar-refractivity contribution in [3.63, 3.8) is 0 Å². The van der Waals surface area contributed by atoms with Crippen molar-refractivity contribution in [3.8, 4) is 5.69 Å². The zero-order valence-electron chi connectivity index (χ0n) is 15.3. The van der Waals surface area contributed by atoms with Gasteiger partial charge >= 0.3 is 5.69 Å². The van der Waals surface area contributed by atoms with Crippen molar-refractivity contribution in [1.82, 2.24) is 9.13 Å². The van der Waals surface area contributed by atoms with Crippen molar-refractivity contribution in [1.29, 1.82) is 0 Å². The van der Waals surface area contributed by atoms with Gasteiger partial charge in [0.05, 0.1) is 23.1 Å². The van der Waals surface area contributed by atoms with Crippen molar-refractivity contribution in [2.75, 3.05) is 0 Å². The SMILES string of the molecule is Cc1cccc(Cn2c(=O)n(-c3ccccc3C)c(=O)c3ccccc32)c1. The van der Waals surface area contributed by atoms with E-state index < -0.39 is 0 Å². The van der Waals surface area contributed by atoms with Gasteiger partial charge < -0.3 is 0 Å². The molecule has 0 fully saturated rings. The molecule has 0 aliphatic rings. The Kier molecular flexibility index (Phi) is 4.24. The third-order valence-corrected chi connectivity index (χ3v) is 4.83. The quantitative estimate of drug-likeness (QED) is 0.560. The molecule has 0 bridgehead atoms. The lowest BCUT2D eigenvalue weighted by Crippen LogP contribution is -2.39. The Balaban J connectivity index is 2.05. The van der Waals surface area contributed by atoms with Gasteiger partial charge in [0.1, 0.15) is 0 Å². The molecule has 4 rings (SSSR count). The predicted octanol–water partition coefficient (Wildman–Crippen LogP) is 3.82. The summed E-state index contributed by atoms with van der Waals surface area (Å²) in [5.74, 6) is 0. The summed E-state index contributed by atoms with van der Waals surface area (Å²) in [4.78, 5) is 26.5. The fourth-order valence-electron chi connectivity index (χ4n) is 3.49. The van der Waals surface area contributed by atoms with Crippen molar-refractivity contribution < 1.29 is 0 Å². The van der Waals surface area contributed by atoms with Crippen molar-refractivity contribution in [2.24, 2.45) is 0 Å². The fourth-order valence-corrected chi connectivity index (χ4v) is 3.49. The summed E-state index contributed by atoms with van der Waals surface area (Å²) < 4.78 is 2.96. The Morgan fingerprint density at radius 2 is 1.56 bits per heavy atom. The maximum absolute atomic E-state index is 13.4. The van der Waals surface area contributed by atoms with Gasteiger partial charge in [0.25, 0.3) is 5.56 Å². The molecular formula is C23H20N2O2. The Labute approximate surface area is 157 Å². The molecule has 0 amide bonds. The molecule has 27 heavy (non-hydrogen) atoms. The van der Waals surface area contributed by atoms with E-state index in [0.717, 1.165) is 16.7 Å². The maximum Gasteiger partial charge on any atom is 0.336 e. The number of para-hydroxylation sites is 2. The molecule has 0 aliphatic carbocycles. The minimum Gasteiger partial charge on any atom is -0.288 e. The van der Waals surface area contributed by atoms with Crippen LogP contribution in [0.3, 0.4) is 0 Å². The molecule has 1 heterocycles. The predicted molar refractivity (Wildman–Crippen MR) is 109 cm³/mol. The third-order valence-electron chi connectivity index (χ3n) is 4.83. The second-order valence-corrected chi connectivity index (χ2v) is 6.80. The molecule has 134 valence electrons. The number of rotatable bonds is 3. The first-order chi connectivity index (χ1) is 13.1. The van der Waals surface area contributed by atoms with E-state index >= 15 is 0 Å². The standard InChI is InChI=1S/C23H20N2O2/c1-16-8-7-10-18(14-16)15-24-21-13-6-4-11-19(21)22(26)25(23(24)27)20-12-5-3-9-17(20)2/h3-14H,15H2,1-2H3. The average Bonchev–Trinajstić information content (AvgIpc) is 2.67. The summed E-state index contributed by atoms with van der Waals surface area (Å²) in [6.45, 7) is 4.34. The summed E-state index contributed by atoms with van der Waals surface area (Å²) >= 11 is 0. The highest BCUT2D eigenvalue weighted by molar-refractivity contribution is 5.78. The Morgan fingerprint density at radius 3 is 2.33 bits per heavy atom. The molecule has 0 saturated carbocycles. The van der Waals surface area contributed by atoms with Gasteiger partial charge in [-0.25, -0.2) is 9.36 Å². The van der Waals surface area contributed by atoms with Crippen LogP contribution < -0.4 is 11.2 Å². The van der Waals surface area contributed by atoms with Crippen LogP contribution in [-0.2, 0) is 6.54 Å². The van der Waals surface area contributed by atoms with E-state index in [1.807, 2.05) is 74.5 Å². The van der Waals surface area contributed by atoms with E-state index in [1.165, 1.54) is 4.57 Å². The summed E-state index contributed by atoms with van der Waals surface area (Å²) in [6, 6.07) is 22.8. The summed E-state index contributed by atoms with van der Waals surface area (Å²) in [7, 11) is 0. The van der Waals surface area contributed by atoms with Crippen LogP contribution in [0.5, 0.6) is 0 Å². The van der Waals surface area contributed by atoms with Gasteiger partial charge in [-0.15, -0.1) is 0 Å². The minimum absolute atomic E-state index is 0.287. The van der Waals surface area contributed by atoms with Crippen molar-refractivity contribution >= 4 is 10.9 Å². The van der Waals surface area contributed by atoms with Crippen LogP contribution in [0, 0.1) is 13.8 Å². The number of aryl methyl sites for hydroxylation is 2. The van der Waals surface area contributed by atoms with Gasteiger partial charge in [-0.2, -0.15) is 0 Å². The molecular weight excluding hydrogens is 336 g/mol. The number of hydrogen-bond donors (Lipinski definition) is 0. The molecule has 0 radical (unpaired) electrons. The monoisotopic (exact) mass is 356 g/mol. The van der Waals surface area contributed by atoms with Crippen LogP contribution >= 0.6 is 0 Å². The Morgan fingerprint density at radius 1 is 0.815 bits per heavy atom. The molecule has 1 aromatic heterocycles. The molecule has 0 aliphatic heterocycles. The lowest BCUT2D eigenvalue weighted by molar-refractivity contribution is 0.713. The second kappa shape index (κ2) is 6.72. The van der Waals surface area contributed by atoms with Gasteiger partial charge in [0.15, 0.2) is 0 Å². The van der Waals surface area contributed by atoms with E-state index in [-0.39, 0.29) is 11.2 Å². The minimum atomic E-state index is -0.325. The van der Waals surface area contributed by atoms with Crippen LogP contribution in [0.15, 0.2) is 82.4 Å². The number of hydrogen-bond acceptors (Lipinski definition) is 2. The molecule has 0 unspecified atom stereocenters. The lowest BCUT2D eigenvalue weighted by atomic mass is 10.1. The van der Waals surface area contributed by atoms with Crippen LogP contribution in [-0.4, -0.2) is 9.13 Å². The summed E-state index contributed by atoms with van der Waals surface area (Å²) in [5, 5.41) is 0.535. The van der Waals surface area contributed by atoms with Gasteiger partial charge in [-0.1, -0.05) is 60.2 Å². The first-order valence-electron chi connectivity index (χ1n) is 8.92. The average molecular weight is 356 g/mol. The molecule has 0 N–H and O–H groups in total. The van der Waals surface area contributed by atoms with Gasteiger partial charge in [0.2, 0.25) is 0 Å². The first-order valence-corrected chi connectivity index (χ1v) is 8.92. The Hall–Kier alpha value is -3.40. The number of aromatic nitrogens is 2. The highest BCUT2D eigenvalue weighted by Gasteiger charge is 2.15. The zero-order chi connectivity index (χ0) is 19.0. The van der Waals surface area contributed by atoms with Crippen molar-refractivity contribution in [3.05, 3.63) is 110 Å². The van der Waals surface area contributed by atoms with E-state index in [9.17, 15) is 9.59 Å². The molecule has 4 aromatic rings. The topological polar surface area (TPSA) is 44.0 Å². The third kappa shape index (κ3) is 2.99. The number of nitrogens with zero attached hydrogens (tertiary/aromatic N) is 2. The van der Waals surface area contributed by atoms with Crippen LogP contribution in [0.25, 0.3) is 16.6 Å². The number of benzene rings is 3. The van der Waals surface area contributed by atoms with Crippen molar-refractivity contribution in [2.45, 2.75) is 20.4 Å². The van der Waals surface area contributed by atoms with Crippen LogP contribution in [0.2, 0.25) is 0 Å². The van der Waals surface area contributed by atoms with Crippen LogP contribution in [0.1, 0.15) is 16.7 Å². The van der Waals surface area contributed by atoms with E-state index in [1.54, 1.807) is 10.6 Å². The molecule has 0 spiro atoms. The largest absolute Gasteiger partial charge is 0.336 e. The molecule has 0 atom stereocenters. The summed E-state index contributed by atoms with van der Waals surface area (Å²) in [6.07, 6.45) is 0. The molecule has 3 aromatic carbocycles. The molecule has 4 nitrogen and oxygen atoms in total. The Bertz CT molecular complexity index is 1270. The van der Waals surface area contributed by atoms with E-state index in [2.05, 4.69) is 6.07 Å². The fraction of sp³-hybridized carbons (Fsp3) is 0.130. The highest BCUT2D eigenvalue weighted by atomic mass is 16.2. The zero-order valence-corrected chi connectivity index (χ0v) is 15.3. The van der Waals surface area contributed by atoms with Gasteiger partial charge in [-0.05, 0) is 43.2 Å². The highest BCUT2D eigenvalue weighted by Crippen LogP contribution is 2.14. The van der Waals surface area contributed by atoms with E-state index in [0.29, 0.717) is 23.1 Å².